The number of carbonyl (C=O) groups excluding carboxylic acids is 2. The highest BCUT2D eigenvalue weighted by Gasteiger charge is 2.45. The molecular weight excluding hydrogens is 1210 g/mol. The summed E-state index contributed by atoms with van der Waals surface area (Å²) < 4.78 is 22.1. The number of methoxy groups -OCH3 is 2. The topological polar surface area (TPSA) is 337 Å². The zero-order valence-corrected chi connectivity index (χ0v) is 47.7. The molecule has 2 saturated heterocycles. The third kappa shape index (κ3) is 11.1. The minimum atomic E-state index is -1.60. The van der Waals surface area contributed by atoms with Gasteiger partial charge in [0.05, 0.1) is 53.0 Å². The molecule has 0 amide bonds. The molecular formula is C56H50Cl6N6O15. The highest BCUT2D eigenvalue weighted by molar-refractivity contribution is 6.43. The zero-order chi connectivity index (χ0) is 59.5. The van der Waals surface area contributed by atoms with Crippen molar-refractivity contribution in [1.82, 2.24) is 29.5 Å². The van der Waals surface area contributed by atoms with Crippen LogP contribution in [0.3, 0.4) is 0 Å². The maximum atomic E-state index is 12.9. The minimum Gasteiger partial charge on any atom is -0.464 e. The number of esters is 2. The van der Waals surface area contributed by atoms with Gasteiger partial charge in [0.25, 0.3) is 0 Å². The fourth-order valence-electron chi connectivity index (χ4n) is 10.4. The first-order valence-corrected chi connectivity index (χ1v) is 27.4. The molecule has 12 rings (SSSR count). The van der Waals surface area contributed by atoms with E-state index in [0.717, 1.165) is 49.4 Å². The molecule has 4 aromatic carbocycles. The van der Waals surface area contributed by atoms with E-state index < -0.39 is 86.5 Å². The van der Waals surface area contributed by atoms with Gasteiger partial charge in [0, 0.05) is 130 Å². The van der Waals surface area contributed by atoms with Crippen LogP contribution in [0.4, 0.5) is 0 Å². The number of aliphatic hydroxyl groups excluding tert-OH is 9. The molecule has 0 spiro atoms. The average molecular weight is 1260 g/mol. The number of aliphatic hydroxyl groups is 9. The molecule has 8 heterocycles. The molecule has 10 atom stereocenters. The quantitative estimate of drug-likeness (QED) is 0.0604. The highest BCUT2D eigenvalue weighted by atomic mass is 35.5. The molecule has 6 aromatic heterocycles. The van der Waals surface area contributed by atoms with Crippen LogP contribution in [0.2, 0.25) is 30.1 Å². The van der Waals surface area contributed by atoms with Crippen molar-refractivity contribution in [2.24, 2.45) is 0 Å². The largest absolute Gasteiger partial charge is 0.464 e. The normalized spacial score (nSPS) is 22.6. The second-order valence-corrected chi connectivity index (χ2v) is 21.9. The minimum absolute atomic E-state index is 0.192. The van der Waals surface area contributed by atoms with Crippen molar-refractivity contribution in [3.05, 3.63) is 139 Å². The van der Waals surface area contributed by atoms with Gasteiger partial charge in [0.2, 0.25) is 0 Å². The third-order valence-electron chi connectivity index (χ3n) is 14.6. The number of fused-ring (bicyclic) bond motifs is 4. The molecule has 21 nitrogen and oxygen atoms in total. The molecule has 2 aliphatic rings. The molecule has 14 N–H and O–H groups in total. The first kappa shape index (κ1) is 60.0. The summed E-state index contributed by atoms with van der Waals surface area (Å²) in [4.78, 5) is 41.2. The number of hydrogen-bond donors (Lipinski definition) is 14. The average Bonchev–Trinajstić information content (AvgIpc) is 2.53. The van der Waals surface area contributed by atoms with Crippen molar-refractivity contribution in [2.75, 3.05) is 27.4 Å². The van der Waals surface area contributed by atoms with E-state index >= 15 is 0 Å². The summed E-state index contributed by atoms with van der Waals surface area (Å²) in [6.07, 6.45) is -3.47. The van der Waals surface area contributed by atoms with Crippen LogP contribution in [0.1, 0.15) is 27.2 Å². The summed E-state index contributed by atoms with van der Waals surface area (Å²) in [5, 5.41) is 91.8. The van der Waals surface area contributed by atoms with Gasteiger partial charge in [-0.15, -0.1) is 0 Å². The number of hydrogen-bond acceptors (Lipinski definition) is 15. The first-order chi connectivity index (χ1) is 39.7. The molecule has 0 radical (unpaired) electrons. The lowest BCUT2D eigenvalue weighted by atomic mass is 9.96. The maximum Gasteiger partial charge on any atom is 0.355 e. The molecule has 2 aliphatic heterocycles. The van der Waals surface area contributed by atoms with Gasteiger partial charge in [-0.2, -0.15) is 0 Å². The van der Waals surface area contributed by atoms with Crippen LogP contribution in [-0.4, -0.2) is 170 Å². The molecule has 0 aliphatic carbocycles. The van der Waals surface area contributed by atoms with E-state index in [0.29, 0.717) is 64.5 Å². The van der Waals surface area contributed by atoms with Crippen LogP contribution >= 0.6 is 69.6 Å². The predicted molar refractivity (Wildman–Crippen MR) is 312 cm³/mol. The first-order valence-electron chi connectivity index (χ1n) is 25.1. The Hall–Kier alpha value is -6.16. The van der Waals surface area contributed by atoms with Gasteiger partial charge in [-0.25, -0.2) is 9.59 Å². The maximum absolute atomic E-state index is 12.9. The van der Waals surface area contributed by atoms with E-state index in [4.69, 9.17) is 109 Å². The predicted octanol–water partition coefficient (Wildman–Crippen LogP) is 8.34. The van der Waals surface area contributed by atoms with Crippen LogP contribution < -0.4 is 0 Å². The van der Waals surface area contributed by atoms with E-state index in [1.54, 1.807) is 59.7 Å². The molecule has 10 unspecified atom stereocenters. The Balaban J connectivity index is 0.000000159. The standard InChI is InChI=1S/C28H24Cl3N3O7.C22H14Cl3N3O2.C6H12O6/c1-40-28(39)23-22(14-7-32-19-3-2-11(29)4-12(14)19)15(8-33-23)16-9-34(20-6-18(31)17(30)5-13(16)20)27-26(38)25(37)24(36)21(10-35)41-27;1-30-22(29)21-20(14-8-26-18-3-2-10(23)4-11(14)18)15(9-28-21)13-7-27-19-6-17(25)16(24)5-12(13)19;7-1-2-3(8)4(9)5(10)6(11)12-2/h2-9,21,24-27,32-33,35-38H,10H2,1H3;2-9,26-28H,1H3;2-11H,1H2. The van der Waals surface area contributed by atoms with Crippen molar-refractivity contribution < 1.29 is 74.5 Å². The number of ether oxygens (including phenoxy) is 4. The lowest BCUT2D eigenvalue weighted by Crippen LogP contribution is -2.58. The van der Waals surface area contributed by atoms with E-state index in [-0.39, 0.29) is 15.7 Å². The van der Waals surface area contributed by atoms with Crippen molar-refractivity contribution in [2.45, 2.75) is 61.3 Å². The van der Waals surface area contributed by atoms with E-state index in [1.807, 2.05) is 42.7 Å². The number of halogens is 6. The van der Waals surface area contributed by atoms with E-state index in [2.05, 4.69) is 29.7 Å². The Morgan fingerprint density at radius 2 is 0.916 bits per heavy atom. The smallest absolute Gasteiger partial charge is 0.355 e. The Morgan fingerprint density at radius 3 is 1.45 bits per heavy atom. The fraction of sp³-hybridized carbons (Fsp3) is 0.250. The van der Waals surface area contributed by atoms with Crippen LogP contribution in [0.5, 0.6) is 0 Å². The van der Waals surface area contributed by atoms with Gasteiger partial charge in [0.1, 0.15) is 60.2 Å². The molecule has 0 bridgehead atoms. The summed E-state index contributed by atoms with van der Waals surface area (Å²) in [5.74, 6) is -1.06. The Morgan fingerprint density at radius 1 is 0.482 bits per heavy atom. The second kappa shape index (κ2) is 24.4. The Labute approximate surface area is 498 Å². The summed E-state index contributed by atoms with van der Waals surface area (Å²) in [6.45, 7) is -1.12. The Kier molecular flexibility index (Phi) is 17.7. The molecule has 2 fully saturated rings. The molecule has 27 heteroatoms. The van der Waals surface area contributed by atoms with Gasteiger partial charge < -0.3 is 94.4 Å². The van der Waals surface area contributed by atoms with E-state index in [1.165, 1.54) is 14.2 Å². The summed E-state index contributed by atoms with van der Waals surface area (Å²) >= 11 is 37.8. The van der Waals surface area contributed by atoms with Crippen LogP contribution in [0, 0.1) is 0 Å². The van der Waals surface area contributed by atoms with Crippen LogP contribution in [-0.2, 0) is 18.9 Å². The number of nitrogens with zero attached hydrogens (tertiary/aromatic N) is 1. The van der Waals surface area contributed by atoms with Gasteiger partial charge in [-0.05, 0) is 60.7 Å². The molecule has 0 saturated carbocycles. The summed E-state index contributed by atoms with van der Waals surface area (Å²) in [5.41, 5.74) is 9.16. The number of benzene rings is 4. The van der Waals surface area contributed by atoms with Crippen LogP contribution in [0.15, 0.2) is 97.8 Å². The number of H-pyrrole nitrogens is 5. The second-order valence-electron chi connectivity index (χ2n) is 19.4. The molecule has 436 valence electrons. The number of aromatic nitrogens is 6. The number of nitrogens with one attached hydrogen (secondary N) is 5. The van der Waals surface area contributed by atoms with Gasteiger partial charge >= 0.3 is 11.9 Å². The lowest BCUT2D eigenvalue weighted by molar-refractivity contribution is -0.286. The zero-order valence-electron chi connectivity index (χ0n) is 43.1. The summed E-state index contributed by atoms with van der Waals surface area (Å²) in [7, 11) is 2.64. The van der Waals surface area contributed by atoms with Gasteiger partial charge in [-0.3, -0.25) is 0 Å². The number of rotatable bonds is 9. The van der Waals surface area contributed by atoms with Crippen LogP contribution in [0.25, 0.3) is 88.1 Å². The third-order valence-corrected chi connectivity index (χ3v) is 16.5. The van der Waals surface area contributed by atoms with Crippen molar-refractivity contribution >= 4 is 125 Å². The highest BCUT2D eigenvalue weighted by Crippen LogP contribution is 2.47. The van der Waals surface area contributed by atoms with Crippen molar-refractivity contribution in [1.29, 1.82) is 0 Å². The summed E-state index contributed by atoms with van der Waals surface area (Å²) in [6, 6.07) is 17.8. The SMILES string of the molecule is COC(=O)c1[nH]cc(-c2c[nH]c3cc(Cl)c(Cl)cc23)c1-c1c[nH]c2ccc(Cl)cc12.COC(=O)c1[nH]cc(-c2cn(C3OC(CO)C(O)C(O)C3O)c3cc(Cl)c(Cl)cc23)c1-c1c[nH]c2ccc(Cl)cc12.OCC1OC(O)C(O)C(O)C1O. The monoisotopic (exact) mass is 1260 g/mol. The van der Waals surface area contributed by atoms with Gasteiger partial charge in [0.15, 0.2) is 12.5 Å². The van der Waals surface area contributed by atoms with Gasteiger partial charge in [-0.1, -0.05) is 69.6 Å². The lowest BCUT2D eigenvalue weighted by Gasteiger charge is -2.40. The number of carbonyl (C=O) groups is 2. The molecule has 10 aromatic rings. The Bertz CT molecular complexity index is 4050. The molecule has 83 heavy (non-hydrogen) atoms. The fourth-order valence-corrected chi connectivity index (χ4v) is 11.4. The van der Waals surface area contributed by atoms with E-state index in [9.17, 15) is 30.0 Å². The van der Waals surface area contributed by atoms with Crippen molar-refractivity contribution in [3.63, 3.8) is 0 Å². The van der Waals surface area contributed by atoms with Crippen molar-refractivity contribution in [3.8, 4) is 44.5 Å². The number of aromatic amines is 5.